The van der Waals surface area contributed by atoms with E-state index in [2.05, 4.69) is 5.32 Å². The molecule has 0 bridgehead atoms. The van der Waals surface area contributed by atoms with E-state index in [1.807, 2.05) is 4.90 Å². The molecule has 1 saturated carbocycles. The van der Waals surface area contributed by atoms with Crippen LogP contribution < -0.4 is 5.32 Å². The first-order valence-electron chi connectivity index (χ1n) is 8.60. The smallest absolute Gasteiger partial charge is 0.339 e. The molecule has 1 N–H and O–H groups in total. The van der Waals surface area contributed by atoms with Gasteiger partial charge in [0.15, 0.2) is 0 Å². The van der Waals surface area contributed by atoms with Gasteiger partial charge >= 0.3 is 6.18 Å². The molecule has 1 atom stereocenters. The number of nitrogens with one attached hydrogen (secondary N) is 1. The molecule has 1 aromatic rings. The van der Waals surface area contributed by atoms with Crippen LogP contribution >= 0.6 is 0 Å². The van der Waals surface area contributed by atoms with Crippen molar-refractivity contribution in [2.24, 2.45) is 5.92 Å². The summed E-state index contributed by atoms with van der Waals surface area (Å²) in [5.74, 6) is 0.942. The van der Waals surface area contributed by atoms with Crippen LogP contribution in [0.4, 0.5) is 13.2 Å². The van der Waals surface area contributed by atoms with Crippen molar-refractivity contribution < 1.29 is 18.0 Å². The molecule has 1 amide bonds. The number of halogens is 3. The summed E-state index contributed by atoms with van der Waals surface area (Å²) in [6, 6.07) is 5.69. The molecule has 6 heteroatoms. The minimum atomic E-state index is -4.30. The molecule has 1 aliphatic heterocycles. The highest BCUT2D eigenvalue weighted by molar-refractivity contribution is 5.78. The van der Waals surface area contributed by atoms with Gasteiger partial charge in [0.05, 0.1) is 5.56 Å². The minimum absolute atomic E-state index is 0.254. The number of carbonyl (C=O) groups is 1. The van der Waals surface area contributed by atoms with Crippen molar-refractivity contribution in [3.05, 3.63) is 35.4 Å². The lowest BCUT2D eigenvalue weighted by atomic mass is 10.1. The van der Waals surface area contributed by atoms with E-state index in [1.54, 1.807) is 6.07 Å². The number of benzene rings is 1. The summed E-state index contributed by atoms with van der Waals surface area (Å²) in [6.45, 7) is 2.00. The van der Waals surface area contributed by atoms with Crippen LogP contribution in [-0.2, 0) is 17.5 Å². The maximum Gasteiger partial charge on any atom is 0.416 e. The molecule has 2 fully saturated rings. The van der Waals surface area contributed by atoms with E-state index >= 15 is 0 Å². The van der Waals surface area contributed by atoms with Gasteiger partial charge < -0.3 is 10.2 Å². The quantitative estimate of drug-likeness (QED) is 0.770. The number of likely N-dealkylation sites (tertiary alicyclic amines) is 1. The van der Waals surface area contributed by atoms with Gasteiger partial charge in [-0.3, -0.25) is 4.79 Å². The van der Waals surface area contributed by atoms with Gasteiger partial charge in [0.1, 0.15) is 0 Å². The van der Waals surface area contributed by atoms with Crippen LogP contribution in [0.1, 0.15) is 43.2 Å². The Morgan fingerprint density at radius 3 is 2.71 bits per heavy atom. The standard InChI is InChI=1S/C18H23F3N2O/c19-18(20,21)15-3-1-2-14(10-15)11-22-9-8-16-6-7-17(24)23(16)12-13-4-5-13/h1-3,10,13,16,22H,4-9,11-12H2. The Kier molecular flexibility index (Phi) is 5.13. The van der Waals surface area contributed by atoms with E-state index in [0.29, 0.717) is 31.0 Å². The first kappa shape index (κ1) is 17.3. The van der Waals surface area contributed by atoms with Gasteiger partial charge in [-0.2, -0.15) is 13.2 Å². The van der Waals surface area contributed by atoms with Crippen LogP contribution in [0.5, 0.6) is 0 Å². The molecule has 0 radical (unpaired) electrons. The number of hydrogen-bond acceptors (Lipinski definition) is 2. The first-order chi connectivity index (χ1) is 11.4. The Labute approximate surface area is 140 Å². The summed E-state index contributed by atoms with van der Waals surface area (Å²) >= 11 is 0. The Bertz CT molecular complexity index is 584. The van der Waals surface area contributed by atoms with Crippen LogP contribution in [-0.4, -0.2) is 29.9 Å². The second-order valence-electron chi connectivity index (χ2n) is 6.85. The van der Waals surface area contributed by atoms with Crippen molar-refractivity contribution in [3.8, 4) is 0 Å². The fourth-order valence-electron chi connectivity index (χ4n) is 3.28. The maximum absolute atomic E-state index is 12.7. The van der Waals surface area contributed by atoms with Gasteiger partial charge in [0.25, 0.3) is 0 Å². The van der Waals surface area contributed by atoms with Gasteiger partial charge in [0.2, 0.25) is 5.91 Å². The van der Waals surface area contributed by atoms with Crippen LogP contribution in [0, 0.1) is 5.92 Å². The van der Waals surface area contributed by atoms with E-state index in [0.717, 1.165) is 25.5 Å². The predicted molar refractivity (Wildman–Crippen MR) is 85.2 cm³/mol. The van der Waals surface area contributed by atoms with Gasteiger partial charge in [-0.25, -0.2) is 0 Å². The van der Waals surface area contributed by atoms with Crippen molar-refractivity contribution in [3.63, 3.8) is 0 Å². The molecular formula is C18H23F3N2O. The number of amides is 1. The molecule has 1 saturated heterocycles. The molecule has 1 unspecified atom stereocenters. The Morgan fingerprint density at radius 2 is 2.00 bits per heavy atom. The fourth-order valence-corrected chi connectivity index (χ4v) is 3.28. The molecule has 0 spiro atoms. The summed E-state index contributed by atoms with van der Waals surface area (Å²) in [6.07, 6.45) is 0.539. The van der Waals surface area contributed by atoms with Crippen LogP contribution in [0.3, 0.4) is 0 Å². The van der Waals surface area contributed by atoms with Gasteiger partial charge in [-0.15, -0.1) is 0 Å². The van der Waals surface area contributed by atoms with Crippen molar-refractivity contribution >= 4 is 5.91 Å². The third-order valence-corrected chi connectivity index (χ3v) is 4.84. The van der Waals surface area contributed by atoms with Crippen LogP contribution in [0.25, 0.3) is 0 Å². The number of hydrogen-bond donors (Lipinski definition) is 1. The largest absolute Gasteiger partial charge is 0.416 e. The minimum Gasteiger partial charge on any atom is -0.339 e. The molecule has 0 aromatic heterocycles. The van der Waals surface area contributed by atoms with Gasteiger partial charge in [0, 0.05) is 25.6 Å². The molecule has 24 heavy (non-hydrogen) atoms. The lowest BCUT2D eigenvalue weighted by Gasteiger charge is -2.25. The monoisotopic (exact) mass is 340 g/mol. The van der Waals surface area contributed by atoms with E-state index in [4.69, 9.17) is 0 Å². The maximum atomic E-state index is 12.7. The number of carbonyl (C=O) groups excluding carboxylic acids is 1. The van der Waals surface area contributed by atoms with Crippen LogP contribution in [0.2, 0.25) is 0 Å². The zero-order valence-corrected chi connectivity index (χ0v) is 13.6. The lowest BCUT2D eigenvalue weighted by Crippen LogP contribution is -2.36. The average molecular weight is 340 g/mol. The van der Waals surface area contributed by atoms with Gasteiger partial charge in [-0.1, -0.05) is 18.2 Å². The molecule has 3 nitrogen and oxygen atoms in total. The highest BCUT2D eigenvalue weighted by Gasteiger charge is 2.35. The summed E-state index contributed by atoms with van der Waals surface area (Å²) in [5.41, 5.74) is 0.0148. The second kappa shape index (κ2) is 7.13. The second-order valence-corrected chi connectivity index (χ2v) is 6.85. The van der Waals surface area contributed by atoms with Crippen molar-refractivity contribution in [1.82, 2.24) is 10.2 Å². The third-order valence-electron chi connectivity index (χ3n) is 4.84. The normalized spacial score (nSPS) is 21.5. The van der Waals surface area contributed by atoms with Crippen molar-refractivity contribution in [2.75, 3.05) is 13.1 Å². The summed E-state index contributed by atoms with van der Waals surface area (Å²) < 4.78 is 38.1. The Balaban J connectivity index is 1.44. The molecule has 3 rings (SSSR count). The number of alkyl halides is 3. The predicted octanol–water partition coefficient (Wildman–Crippen LogP) is 3.59. The van der Waals surface area contributed by atoms with Crippen molar-refractivity contribution in [2.45, 2.75) is 50.9 Å². The number of rotatable bonds is 7. The molecule has 1 aliphatic carbocycles. The summed E-state index contributed by atoms with van der Waals surface area (Å²) in [5, 5.41) is 3.21. The zero-order valence-electron chi connectivity index (χ0n) is 13.6. The van der Waals surface area contributed by atoms with E-state index in [9.17, 15) is 18.0 Å². The molecule has 1 heterocycles. The highest BCUT2D eigenvalue weighted by Crippen LogP contribution is 2.33. The van der Waals surface area contributed by atoms with Gasteiger partial charge in [-0.05, 0) is 49.8 Å². The zero-order chi connectivity index (χ0) is 17.2. The molecular weight excluding hydrogens is 317 g/mol. The van der Waals surface area contributed by atoms with E-state index in [1.165, 1.54) is 25.0 Å². The molecule has 132 valence electrons. The summed E-state index contributed by atoms with van der Waals surface area (Å²) in [4.78, 5) is 14.0. The van der Waals surface area contributed by atoms with E-state index in [-0.39, 0.29) is 11.9 Å². The Morgan fingerprint density at radius 1 is 1.21 bits per heavy atom. The highest BCUT2D eigenvalue weighted by atomic mass is 19.4. The third kappa shape index (κ3) is 4.50. The topological polar surface area (TPSA) is 32.3 Å². The lowest BCUT2D eigenvalue weighted by molar-refractivity contribution is -0.137. The molecule has 2 aliphatic rings. The Hall–Kier alpha value is -1.56. The molecule has 1 aromatic carbocycles. The van der Waals surface area contributed by atoms with E-state index < -0.39 is 11.7 Å². The average Bonchev–Trinajstić information content (AvgIpc) is 3.29. The summed E-state index contributed by atoms with van der Waals surface area (Å²) in [7, 11) is 0. The van der Waals surface area contributed by atoms with Crippen molar-refractivity contribution in [1.29, 1.82) is 0 Å². The first-order valence-corrected chi connectivity index (χ1v) is 8.60. The fraction of sp³-hybridized carbons (Fsp3) is 0.611. The number of nitrogens with zero attached hydrogens (tertiary/aromatic N) is 1. The SMILES string of the molecule is O=C1CCC(CCNCc2cccc(C(F)(F)F)c2)N1CC1CC1. The van der Waals surface area contributed by atoms with Crippen LogP contribution in [0.15, 0.2) is 24.3 Å².